The number of nitrogens with zero attached hydrogens (tertiary/aromatic N) is 1. The van der Waals surface area contributed by atoms with Gasteiger partial charge in [-0.25, -0.2) is 0 Å². The van der Waals surface area contributed by atoms with Crippen LogP contribution in [0.2, 0.25) is 0 Å². The molecule has 2 aromatic rings. The summed E-state index contributed by atoms with van der Waals surface area (Å²) in [7, 11) is 2.08. The summed E-state index contributed by atoms with van der Waals surface area (Å²) < 4.78 is 1.000. The molecule has 0 saturated heterocycles. The minimum Gasteiger partial charge on any atom is -0.392 e. The summed E-state index contributed by atoms with van der Waals surface area (Å²) >= 11 is 5.24. The fourth-order valence-corrected chi connectivity index (χ4v) is 3.35. The third kappa shape index (κ3) is 3.59. The SMILES string of the molecule is CC(Cc1cccs1)N(C)c1ccc(Br)cc1CO. The van der Waals surface area contributed by atoms with E-state index in [0.29, 0.717) is 6.04 Å². The Morgan fingerprint density at radius 3 is 2.79 bits per heavy atom. The van der Waals surface area contributed by atoms with Gasteiger partial charge in [-0.3, -0.25) is 0 Å². The lowest BCUT2D eigenvalue weighted by molar-refractivity contribution is 0.282. The van der Waals surface area contributed by atoms with Crippen LogP contribution in [0.25, 0.3) is 0 Å². The zero-order valence-electron chi connectivity index (χ0n) is 11.1. The standard InChI is InChI=1S/C15H18BrNOS/c1-11(8-14-4-3-7-19-14)17(2)15-6-5-13(16)9-12(15)10-18/h3-7,9,11,18H,8,10H2,1-2H3. The van der Waals surface area contributed by atoms with Crippen LogP contribution in [-0.2, 0) is 13.0 Å². The number of rotatable bonds is 5. The molecule has 102 valence electrons. The Morgan fingerprint density at radius 2 is 2.16 bits per heavy atom. The molecule has 0 radical (unpaired) electrons. The number of aliphatic hydroxyl groups is 1. The van der Waals surface area contributed by atoms with Crippen LogP contribution in [-0.4, -0.2) is 18.2 Å². The van der Waals surface area contributed by atoms with Crippen molar-refractivity contribution in [2.45, 2.75) is 26.0 Å². The Balaban J connectivity index is 2.16. The van der Waals surface area contributed by atoms with E-state index in [1.807, 2.05) is 12.1 Å². The monoisotopic (exact) mass is 339 g/mol. The van der Waals surface area contributed by atoms with Crippen molar-refractivity contribution in [1.82, 2.24) is 0 Å². The molecule has 0 amide bonds. The summed E-state index contributed by atoms with van der Waals surface area (Å²) in [5.41, 5.74) is 2.05. The maximum Gasteiger partial charge on any atom is 0.0702 e. The molecule has 4 heteroatoms. The van der Waals surface area contributed by atoms with Crippen molar-refractivity contribution in [3.8, 4) is 0 Å². The van der Waals surface area contributed by atoms with Crippen LogP contribution < -0.4 is 4.90 Å². The smallest absolute Gasteiger partial charge is 0.0702 e. The van der Waals surface area contributed by atoms with Crippen molar-refractivity contribution in [2.75, 3.05) is 11.9 Å². The summed E-state index contributed by atoms with van der Waals surface area (Å²) in [6, 6.07) is 10.7. The fourth-order valence-electron chi connectivity index (χ4n) is 2.12. The third-order valence-electron chi connectivity index (χ3n) is 3.33. The average Bonchev–Trinajstić information content (AvgIpc) is 2.90. The fraction of sp³-hybridized carbons (Fsp3) is 0.333. The maximum absolute atomic E-state index is 9.48. The second kappa shape index (κ2) is 6.55. The summed E-state index contributed by atoms with van der Waals surface area (Å²) in [5, 5.41) is 11.6. The lowest BCUT2D eigenvalue weighted by atomic mass is 10.1. The van der Waals surface area contributed by atoms with Crippen molar-refractivity contribution in [1.29, 1.82) is 0 Å². The molecule has 0 aliphatic carbocycles. The van der Waals surface area contributed by atoms with E-state index in [2.05, 4.69) is 58.4 Å². The molecular formula is C15H18BrNOS. The Morgan fingerprint density at radius 1 is 1.37 bits per heavy atom. The van der Waals surface area contributed by atoms with Gasteiger partial charge in [-0.05, 0) is 36.6 Å². The zero-order chi connectivity index (χ0) is 13.8. The molecule has 0 saturated carbocycles. The summed E-state index contributed by atoms with van der Waals surface area (Å²) in [6.07, 6.45) is 1.02. The van der Waals surface area contributed by atoms with Crippen LogP contribution in [0.15, 0.2) is 40.2 Å². The van der Waals surface area contributed by atoms with Crippen LogP contribution in [0.4, 0.5) is 5.69 Å². The van der Waals surface area contributed by atoms with Gasteiger partial charge in [0.25, 0.3) is 0 Å². The van der Waals surface area contributed by atoms with Gasteiger partial charge in [-0.1, -0.05) is 22.0 Å². The first-order valence-electron chi connectivity index (χ1n) is 6.26. The van der Waals surface area contributed by atoms with E-state index in [-0.39, 0.29) is 6.61 Å². The van der Waals surface area contributed by atoms with E-state index >= 15 is 0 Å². The van der Waals surface area contributed by atoms with E-state index in [4.69, 9.17) is 0 Å². The van der Waals surface area contributed by atoms with E-state index in [0.717, 1.165) is 22.1 Å². The molecule has 2 nitrogen and oxygen atoms in total. The van der Waals surface area contributed by atoms with Gasteiger partial charge in [-0.2, -0.15) is 0 Å². The molecule has 2 rings (SSSR count). The predicted octanol–water partition coefficient (Wildman–Crippen LogP) is 4.07. The van der Waals surface area contributed by atoms with Gasteiger partial charge in [0.2, 0.25) is 0 Å². The van der Waals surface area contributed by atoms with Crippen LogP contribution >= 0.6 is 27.3 Å². The van der Waals surface area contributed by atoms with Crippen molar-refractivity contribution in [2.24, 2.45) is 0 Å². The van der Waals surface area contributed by atoms with Crippen molar-refractivity contribution in [3.63, 3.8) is 0 Å². The molecule has 1 aromatic heterocycles. The largest absolute Gasteiger partial charge is 0.392 e. The first-order chi connectivity index (χ1) is 9.11. The van der Waals surface area contributed by atoms with Gasteiger partial charge < -0.3 is 10.0 Å². The minimum absolute atomic E-state index is 0.0604. The normalized spacial score (nSPS) is 12.4. The number of hydrogen-bond donors (Lipinski definition) is 1. The lowest BCUT2D eigenvalue weighted by Crippen LogP contribution is -2.31. The molecule has 0 aliphatic heterocycles. The first kappa shape index (κ1) is 14.6. The maximum atomic E-state index is 9.48. The first-order valence-corrected chi connectivity index (χ1v) is 7.93. The molecule has 0 fully saturated rings. The summed E-state index contributed by atoms with van der Waals surface area (Å²) in [4.78, 5) is 3.62. The van der Waals surface area contributed by atoms with Crippen molar-refractivity contribution < 1.29 is 5.11 Å². The van der Waals surface area contributed by atoms with E-state index in [1.54, 1.807) is 11.3 Å². The quantitative estimate of drug-likeness (QED) is 0.887. The molecule has 1 heterocycles. The van der Waals surface area contributed by atoms with Crippen LogP contribution in [0.1, 0.15) is 17.4 Å². The Hall–Kier alpha value is -0.840. The summed E-state index contributed by atoms with van der Waals surface area (Å²) in [6.45, 7) is 2.27. The number of anilines is 1. The van der Waals surface area contributed by atoms with Gasteiger partial charge in [0.1, 0.15) is 0 Å². The Bertz CT molecular complexity index is 527. The minimum atomic E-state index is 0.0604. The van der Waals surface area contributed by atoms with Crippen molar-refractivity contribution >= 4 is 33.0 Å². The molecular weight excluding hydrogens is 322 g/mol. The average molecular weight is 340 g/mol. The van der Waals surface area contributed by atoms with Gasteiger partial charge in [0.15, 0.2) is 0 Å². The third-order valence-corrected chi connectivity index (χ3v) is 4.72. The van der Waals surface area contributed by atoms with Crippen LogP contribution in [0, 0.1) is 0 Å². The highest BCUT2D eigenvalue weighted by atomic mass is 79.9. The lowest BCUT2D eigenvalue weighted by Gasteiger charge is -2.28. The van der Waals surface area contributed by atoms with Gasteiger partial charge in [0.05, 0.1) is 6.61 Å². The van der Waals surface area contributed by atoms with E-state index in [1.165, 1.54) is 4.88 Å². The number of halogens is 1. The highest BCUT2D eigenvalue weighted by Crippen LogP contribution is 2.26. The van der Waals surface area contributed by atoms with Crippen LogP contribution in [0.3, 0.4) is 0 Å². The number of thiophene rings is 1. The van der Waals surface area contributed by atoms with Crippen LogP contribution in [0.5, 0.6) is 0 Å². The molecule has 1 aromatic carbocycles. The Labute approximate surface area is 126 Å². The second-order valence-electron chi connectivity index (χ2n) is 4.67. The second-order valence-corrected chi connectivity index (χ2v) is 6.62. The molecule has 1 unspecified atom stereocenters. The summed E-state index contributed by atoms with van der Waals surface area (Å²) in [5.74, 6) is 0. The number of benzene rings is 1. The van der Waals surface area contributed by atoms with Gasteiger partial charge in [-0.15, -0.1) is 11.3 Å². The highest BCUT2D eigenvalue weighted by molar-refractivity contribution is 9.10. The molecule has 0 spiro atoms. The highest BCUT2D eigenvalue weighted by Gasteiger charge is 2.14. The number of hydrogen-bond acceptors (Lipinski definition) is 3. The van der Waals surface area contributed by atoms with E-state index in [9.17, 15) is 5.11 Å². The zero-order valence-corrected chi connectivity index (χ0v) is 13.5. The Kier molecular flexibility index (Phi) is 5.02. The molecule has 0 aliphatic rings. The number of likely N-dealkylation sites (N-methyl/N-ethyl adjacent to an activating group) is 1. The van der Waals surface area contributed by atoms with Crippen molar-refractivity contribution in [3.05, 3.63) is 50.6 Å². The topological polar surface area (TPSA) is 23.5 Å². The van der Waals surface area contributed by atoms with Gasteiger partial charge in [0, 0.05) is 40.1 Å². The molecule has 1 N–H and O–H groups in total. The molecule has 1 atom stereocenters. The molecule has 0 bridgehead atoms. The van der Waals surface area contributed by atoms with E-state index < -0.39 is 0 Å². The van der Waals surface area contributed by atoms with Gasteiger partial charge >= 0.3 is 0 Å². The number of aliphatic hydroxyl groups excluding tert-OH is 1. The predicted molar refractivity (Wildman–Crippen MR) is 86.0 cm³/mol. The molecule has 19 heavy (non-hydrogen) atoms.